The molecule has 0 aliphatic heterocycles. The average molecular weight is 429 g/mol. The second-order valence-electron chi connectivity index (χ2n) is 6.18. The number of hydrogen-bond acceptors (Lipinski definition) is 6. The molecule has 0 fully saturated rings. The molecule has 0 saturated heterocycles. The maximum absolute atomic E-state index is 13.2. The molecule has 0 spiro atoms. The maximum atomic E-state index is 13.2. The number of aromatic nitrogens is 4. The van der Waals surface area contributed by atoms with Gasteiger partial charge in [0.05, 0.1) is 9.88 Å². The first-order valence-electron chi connectivity index (χ1n) is 8.69. The molecule has 142 valence electrons. The fourth-order valence-electron chi connectivity index (χ4n) is 3.11. The van der Waals surface area contributed by atoms with Crippen LogP contribution in [-0.2, 0) is 6.54 Å². The van der Waals surface area contributed by atoms with Gasteiger partial charge in [-0.2, -0.15) is 0 Å². The summed E-state index contributed by atoms with van der Waals surface area (Å²) in [5.41, 5.74) is 2.78. The average Bonchev–Trinajstić information content (AvgIpc) is 3.13. The summed E-state index contributed by atoms with van der Waals surface area (Å²) in [5, 5.41) is 2.99. The minimum atomic E-state index is -0.107. The van der Waals surface area contributed by atoms with Crippen molar-refractivity contribution in [1.82, 2.24) is 19.5 Å². The van der Waals surface area contributed by atoms with Crippen molar-refractivity contribution in [3.63, 3.8) is 0 Å². The summed E-state index contributed by atoms with van der Waals surface area (Å²) in [5.74, 6) is 0. The normalized spacial score (nSPS) is 11.3. The Morgan fingerprint density at radius 1 is 1.18 bits per heavy atom. The summed E-state index contributed by atoms with van der Waals surface area (Å²) in [4.78, 5) is 27.4. The number of halogens is 1. The Labute approximate surface area is 175 Å². The van der Waals surface area contributed by atoms with Gasteiger partial charge < -0.3 is 0 Å². The molecule has 0 aliphatic carbocycles. The van der Waals surface area contributed by atoms with Gasteiger partial charge in [0.1, 0.15) is 5.65 Å². The van der Waals surface area contributed by atoms with Crippen molar-refractivity contribution in [2.24, 2.45) is 0 Å². The Kier molecular flexibility index (Phi) is 5.23. The number of thiazole rings is 1. The molecule has 3 aromatic heterocycles. The van der Waals surface area contributed by atoms with Crippen LogP contribution in [0.3, 0.4) is 0 Å². The van der Waals surface area contributed by atoms with E-state index >= 15 is 0 Å². The Morgan fingerprint density at radius 2 is 2.00 bits per heavy atom. The van der Waals surface area contributed by atoms with Gasteiger partial charge in [-0.1, -0.05) is 35.5 Å². The van der Waals surface area contributed by atoms with Crippen LogP contribution in [0, 0.1) is 6.92 Å². The summed E-state index contributed by atoms with van der Waals surface area (Å²) >= 11 is 9.65. The van der Waals surface area contributed by atoms with Crippen LogP contribution in [-0.4, -0.2) is 25.8 Å². The summed E-state index contributed by atoms with van der Waals surface area (Å²) in [6.45, 7) is 4.42. The first-order chi connectivity index (χ1) is 13.5. The molecule has 5 nitrogen and oxygen atoms in total. The molecule has 3 heterocycles. The number of pyridine rings is 1. The zero-order valence-electron chi connectivity index (χ0n) is 15.6. The second-order valence-corrected chi connectivity index (χ2v) is 8.60. The highest BCUT2D eigenvalue weighted by Gasteiger charge is 2.15. The van der Waals surface area contributed by atoms with Crippen LogP contribution in [0.4, 0.5) is 0 Å². The van der Waals surface area contributed by atoms with Crippen LogP contribution in [0.1, 0.15) is 11.9 Å². The predicted molar refractivity (Wildman–Crippen MR) is 118 cm³/mol. The number of benzene rings is 1. The van der Waals surface area contributed by atoms with Crippen LogP contribution in [0.15, 0.2) is 46.6 Å². The summed E-state index contributed by atoms with van der Waals surface area (Å²) in [6, 6.07) is 7.58. The van der Waals surface area contributed by atoms with Gasteiger partial charge in [0.2, 0.25) is 0 Å². The lowest BCUT2D eigenvalue weighted by Gasteiger charge is -2.12. The van der Waals surface area contributed by atoms with E-state index in [4.69, 9.17) is 11.6 Å². The minimum Gasteiger partial charge on any atom is -0.292 e. The highest BCUT2D eigenvalue weighted by atomic mass is 35.5. The molecule has 0 radical (unpaired) electrons. The summed E-state index contributed by atoms with van der Waals surface area (Å²) in [7, 11) is 0. The van der Waals surface area contributed by atoms with Crippen molar-refractivity contribution in [2.75, 3.05) is 6.26 Å². The largest absolute Gasteiger partial charge is 0.292 e. The van der Waals surface area contributed by atoms with E-state index < -0.39 is 0 Å². The van der Waals surface area contributed by atoms with E-state index in [0.29, 0.717) is 33.5 Å². The van der Waals surface area contributed by atoms with Gasteiger partial charge in [-0.3, -0.25) is 9.36 Å². The number of rotatable bonds is 4. The van der Waals surface area contributed by atoms with Crippen molar-refractivity contribution in [3.8, 4) is 21.6 Å². The molecule has 1 aromatic carbocycles. The lowest BCUT2D eigenvalue weighted by molar-refractivity contribution is 0.743. The van der Waals surface area contributed by atoms with Crippen molar-refractivity contribution in [2.45, 2.75) is 25.5 Å². The van der Waals surface area contributed by atoms with Gasteiger partial charge >= 0.3 is 0 Å². The zero-order chi connectivity index (χ0) is 19.8. The van der Waals surface area contributed by atoms with Crippen molar-refractivity contribution in [3.05, 3.63) is 57.0 Å². The quantitative estimate of drug-likeness (QED) is 0.326. The number of nitrogens with zero attached hydrogens (tertiary/aromatic N) is 4. The third kappa shape index (κ3) is 3.34. The van der Waals surface area contributed by atoms with Crippen LogP contribution in [0.25, 0.3) is 32.6 Å². The lowest BCUT2D eigenvalue weighted by Crippen LogP contribution is -2.22. The van der Waals surface area contributed by atoms with Gasteiger partial charge in [-0.25, -0.2) is 15.0 Å². The molecule has 0 bridgehead atoms. The molecule has 0 N–H and O–H groups in total. The highest BCUT2D eigenvalue weighted by molar-refractivity contribution is 7.98. The highest BCUT2D eigenvalue weighted by Crippen LogP contribution is 2.34. The molecule has 0 saturated carbocycles. The van der Waals surface area contributed by atoms with Crippen LogP contribution < -0.4 is 5.56 Å². The van der Waals surface area contributed by atoms with Crippen molar-refractivity contribution in [1.29, 1.82) is 0 Å². The standard InChI is InChI=1S/C20H17ClN4OS2/c1-4-25-18-13(9-23-20(24-18)27-3)7-15(19(25)26)14-6-5-12(8-16(14)21)17-10-22-11(2)28-17/h5-10H,4H2,1-3H3. The number of thioether (sulfide) groups is 1. The van der Waals surface area contributed by atoms with Crippen molar-refractivity contribution < 1.29 is 0 Å². The second kappa shape index (κ2) is 7.66. The number of hydrogen-bond donors (Lipinski definition) is 0. The monoisotopic (exact) mass is 428 g/mol. The Balaban J connectivity index is 1.89. The third-order valence-corrected chi connectivity index (χ3v) is 6.31. The van der Waals surface area contributed by atoms with Gasteiger partial charge in [-0.15, -0.1) is 11.3 Å². The Morgan fingerprint density at radius 3 is 2.64 bits per heavy atom. The molecule has 0 atom stereocenters. The summed E-state index contributed by atoms with van der Waals surface area (Å²) < 4.78 is 1.67. The maximum Gasteiger partial charge on any atom is 0.260 e. The van der Waals surface area contributed by atoms with E-state index in [0.717, 1.165) is 20.8 Å². The Bertz CT molecular complexity index is 1250. The van der Waals surface area contributed by atoms with Crippen LogP contribution in [0.5, 0.6) is 0 Å². The van der Waals surface area contributed by atoms with Gasteiger partial charge in [0.25, 0.3) is 5.56 Å². The first kappa shape index (κ1) is 19.1. The molecule has 8 heteroatoms. The zero-order valence-corrected chi connectivity index (χ0v) is 18.0. The SMILES string of the molecule is CCn1c(=O)c(-c2ccc(-c3cnc(C)s3)cc2Cl)cc2cnc(SC)nc21. The van der Waals surface area contributed by atoms with Gasteiger partial charge in [0.15, 0.2) is 5.16 Å². The number of aryl methyl sites for hydroxylation is 2. The topological polar surface area (TPSA) is 60.7 Å². The number of fused-ring (bicyclic) bond motifs is 1. The Hall–Kier alpha value is -2.22. The molecular weight excluding hydrogens is 412 g/mol. The lowest BCUT2D eigenvalue weighted by atomic mass is 10.0. The molecule has 0 amide bonds. The van der Waals surface area contributed by atoms with Crippen LogP contribution >= 0.6 is 34.7 Å². The first-order valence-corrected chi connectivity index (χ1v) is 11.1. The van der Waals surface area contributed by atoms with Gasteiger partial charge in [-0.05, 0) is 37.8 Å². The third-order valence-electron chi connectivity index (χ3n) is 4.47. The fraction of sp³-hybridized carbons (Fsp3) is 0.200. The molecule has 0 unspecified atom stereocenters. The predicted octanol–water partition coefficient (Wildman–Crippen LogP) is 5.29. The van der Waals surface area contributed by atoms with E-state index in [1.807, 2.05) is 50.6 Å². The van der Waals surface area contributed by atoms with Crippen molar-refractivity contribution >= 4 is 45.7 Å². The smallest absolute Gasteiger partial charge is 0.260 e. The molecular formula is C20H17ClN4OS2. The van der Waals surface area contributed by atoms with E-state index in [9.17, 15) is 4.79 Å². The molecule has 4 rings (SSSR count). The minimum absolute atomic E-state index is 0.107. The van der Waals surface area contributed by atoms with Crippen LogP contribution in [0.2, 0.25) is 5.02 Å². The molecule has 28 heavy (non-hydrogen) atoms. The van der Waals surface area contributed by atoms with E-state index in [1.54, 1.807) is 22.1 Å². The molecule has 0 aliphatic rings. The van der Waals surface area contributed by atoms with Gasteiger partial charge in [0, 0.05) is 40.5 Å². The summed E-state index contributed by atoms with van der Waals surface area (Å²) in [6.07, 6.45) is 5.51. The molecule has 4 aromatic rings. The van der Waals surface area contributed by atoms with E-state index in [2.05, 4.69) is 15.0 Å². The van der Waals surface area contributed by atoms with E-state index in [-0.39, 0.29) is 5.56 Å². The fourth-order valence-corrected chi connectivity index (χ4v) is 4.50. The van der Waals surface area contributed by atoms with E-state index in [1.165, 1.54) is 11.8 Å².